The normalized spacial score (nSPS) is 16.0. The SMILES string of the molecule is CC(=O)c1ccc(NC2CCOc3ccc(F)cc32)c([N+](=O)[O-])c1. The maximum atomic E-state index is 13.5. The number of nitro groups is 1. The van der Waals surface area contributed by atoms with E-state index in [4.69, 9.17) is 4.74 Å². The summed E-state index contributed by atoms with van der Waals surface area (Å²) in [5.74, 6) is -0.0845. The number of nitrogens with zero attached hydrogens (tertiary/aromatic N) is 1. The van der Waals surface area contributed by atoms with Crippen LogP contribution in [-0.2, 0) is 0 Å². The molecule has 0 saturated carbocycles. The number of ketones is 1. The number of rotatable bonds is 4. The van der Waals surface area contributed by atoms with Gasteiger partial charge in [-0.1, -0.05) is 0 Å². The molecule has 1 aliphatic heterocycles. The Balaban J connectivity index is 1.96. The summed E-state index contributed by atoms with van der Waals surface area (Å²) in [6.07, 6.45) is 0.544. The molecule has 0 amide bonds. The van der Waals surface area contributed by atoms with E-state index < -0.39 is 10.7 Å². The van der Waals surface area contributed by atoms with Crippen molar-refractivity contribution in [2.24, 2.45) is 0 Å². The third-order valence-corrected chi connectivity index (χ3v) is 3.94. The predicted octanol–water partition coefficient (Wildman–Crippen LogP) is 3.87. The Morgan fingerprint density at radius 3 is 2.83 bits per heavy atom. The van der Waals surface area contributed by atoms with Crippen LogP contribution in [0.3, 0.4) is 0 Å². The largest absolute Gasteiger partial charge is 0.493 e. The first-order chi connectivity index (χ1) is 11.5. The number of hydrogen-bond acceptors (Lipinski definition) is 5. The Kier molecular flexibility index (Phi) is 4.16. The maximum absolute atomic E-state index is 13.5. The average Bonchev–Trinajstić information content (AvgIpc) is 2.55. The number of carbonyl (C=O) groups is 1. The van der Waals surface area contributed by atoms with Crippen LogP contribution < -0.4 is 10.1 Å². The van der Waals surface area contributed by atoms with Gasteiger partial charge in [-0.05, 0) is 37.3 Å². The van der Waals surface area contributed by atoms with E-state index in [0.29, 0.717) is 24.3 Å². The van der Waals surface area contributed by atoms with Gasteiger partial charge in [-0.15, -0.1) is 0 Å². The highest BCUT2D eigenvalue weighted by Crippen LogP contribution is 2.37. The molecule has 1 atom stereocenters. The monoisotopic (exact) mass is 330 g/mol. The van der Waals surface area contributed by atoms with Gasteiger partial charge >= 0.3 is 0 Å². The molecule has 2 aromatic rings. The third-order valence-electron chi connectivity index (χ3n) is 3.94. The van der Waals surface area contributed by atoms with Crippen LogP contribution in [0.4, 0.5) is 15.8 Å². The van der Waals surface area contributed by atoms with Gasteiger partial charge < -0.3 is 10.1 Å². The molecule has 0 aliphatic carbocycles. The van der Waals surface area contributed by atoms with Crippen LogP contribution >= 0.6 is 0 Å². The molecule has 0 radical (unpaired) electrons. The zero-order valence-electron chi connectivity index (χ0n) is 12.9. The second-order valence-electron chi connectivity index (χ2n) is 5.56. The van der Waals surface area contributed by atoms with E-state index in [1.54, 1.807) is 6.07 Å². The molecule has 0 bridgehead atoms. The number of carbonyl (C=O) groups excluding carboxylic acids is 1. The minimum atomic E-state index is -0.541. The van der Waals surface area contributed by atoms with Crippen molar-refractivity contribution in [3.63, 3.8) is 0 Å². The number of fused-ring (bicyclic) bond motifs is 1. The number of ether oxygens (including phenoxy) is 1. The molecule has 1 N–H and O–H groups in total. The Labute approximate surface area is 137 Å². The summed E-state index contributed by atoms with van der Waals surface area (Å²) in [6.45, 7) is 1.78. The fraction of sp³-hybridized carbons (Fsp3) is 0.235. The van der Waals surface area contributed by atoms with Crippen molar-refractivity contribution in [2.75, 3.05) is 11.9 Å². The molecule has 0 saturated heterocycles. The summed E-state index contributed by atoms with van der Waals surface area (Å²) in [7, 11) is 0. The quantitative estimate of drug-likeness (QED) is 0.523. The number of hydrogen-bond donors (Lipinski definition) is 1. The summed E-state index contributed by atoms with van der Waals surface area (Å²) in [4.78, 5) is 22.2. The van der Waals surface area contributed by atoms with E-state index >= 15 is 0 Å². The van der Waals surface area contributed by atoms with Gasteiger partial charge in [0.05, 0.1) is 17.6 Å². The number of benzene rings is 2. The lowest BCUT2D eigenvalue weighted by atomic mass is 9.99. The number of anilines is 1. The fourth-order valence-electron chi connectivity index (χ4n) is 2.73. The molecule has 1 heterocycles. The van der Waals surface area contributed by atoms with Crippen LogP contribution in [0.5, 0.6) is 5.75 Å². The molecule has 3 rings (SSSR count). The molecule has 1 aliphatic rings. The lowest BCUT2D eigenvalue weighted by Gasteiger charge is -2.27. The van der Waals surface area contributed by atoms with E-state index in [1.807, 2.05) is 0 Å². The van der Waals surface area contributed by atoms with Gasteiger partial charge in [0.1, 0.15) is 17.3 Å². The predicted molar refractivity (Wildman–Crippen MR) is 86.0 cm³/mol. The summed E-state index contributed by atoms with van der Waals surface area (Å²) in [6, 6.07) is 8.19. The molecule has 24 heavy (non-hydrogen) atoms. The van der Waals surface area contributed by atoms with E-state index in [1.165, 1.54) is 37.3 Å². The zero-order valence-corrected chi connectivity index (χ0v) is 12.9. The Bertz CT molecular complexity index is 822. The maximum Gasteiger partial charge on any atom is 0.293 e. The number of nitro benzene ring substituents is 1. The second-order valence-corrected chi connectivity index (χ2v) is 5.56. The first-order valence-electron chi connectivity index (χ1n) is 7.44. The van der Waals surface area contributed by atoms with Crippen LogP contribution in [0, 0.1) is 15.9 Å². The molecular weight excluding hydrogens is 315 g/mol. The Morgan fingerprint density at radius 1 is 1.33 bits per heavy atom. The van der Waals surface area contributed by atoms with Crippen LogP contribution in [0.1, 0.15) is 35.3 Å². The van der Waals surface area contributed by atoms with Gasteiger partial charge in [0.2, 0.25) is 0 Å². The first kappa shape index (κ1) is 15.9. The van der Waals surface area contributed by atoms with Gasteiger partial charge in [-0.3, -0.25) is 14.9 Å². The van der Waals surface area contributed by atoms with Crippen LogP contribution in [0.15, 0.2) is 36.4 Å². The highest BCUT2D eigenvalue weighted by atomic mass is 19.1. The smallest absolute Gasteiger partial charge is 0.293 e. The molecule has 7 heteroatoms. The molecule has 0 aromatic heterocycles. The van der Waals surface area contributed by atoms with Gasteiger partial charge in [-0.25, -0.2) is 4.39 Å². The van der Waals surface area contributed by atoms with Crippen LogP contribution in [0.2, 0.25) is 0 Å². The zero-order chi connectivity index (χ0) is 17.3. The highest BCUT2D eigenvalue weighted by Gasteiger charge is 2.25. The van der Waals surface area contributed by atoms with Crippen molar-refractivity contribution in [3.8, 4) is 5.75 Å². The van der Waals surface area contributed by atoms with Gasteiger partial charge in [-0.2, -0.15) is 0 Å². The lowest BCUT2D eigenvalue weighted by Crippen LogP contribution is -2.21. The minimum Gasteiger partial charge on any atom is -0.493 e. The first-order valence-corrected chi connectivity index (χ1v) is 7.44. The number of halogens is 1. The van der Waals surface area contributed by atoms with Crippen LogP contribution in [-0.4, -0.2) is 17.3 Å². The molecule has 2 aromatic carbocycles. The molecule has 1 unspecified atom stereocenters. The van der Waals surface area contributed by atoms with E-state index in [-0.39, 0.29) is 28.8 Å². The standard InChI is InChI=1S/C17H15FN2O4/c1-10(21)11-2-4-15(16(8-11)20(22)23)19-14-6-7-24-17-5-3-12(18)9-13(14)17/h2-5,8-9,14,19H,6-7H2,1H3. The molecule has 0 spiro atoms. The Morgan fingerprint density at radius 2 is 2.12 bits per heavy atom. The lowest BCUT2D eigenvalue weighted by molar-refractivity contribution is -0.384. The van der Waals surface area contributed by atoms with E-state index in [9.17, 15) is 19.3 Å². The molecule has 6 nitrogen and oxygen atoms in total. The van der Waals surface area contributed by atoms with Gasteiger partial charge in [0, 0.05) is 23.6 Å². The average molecular weight is 330 g/mol. The summed E-state index contributed by atoms with van der Waals surface area (Å²) in [5.41, 5.74) is 0.983. The number of nitrogens with one attached hydrogen (secondary N) is 1. The van der Waals surface area contributed by atoms with Crippen LogP contribution in [0.25, 0.3) is 0 Å². The topological polar surface area (TPSA) is 81.5 Å². The van der Waals surface area contributed by atoms with Crippen molar-refractivity contribution in [3.05, 3.63) is 63.5 Å². The molecule has 0 fully saturated rings. The second kappa shape index (κ2) is 6.27. The van der Waals surface area contributed by atoms with Gasteiger partial charge in [0.15, 0.2) is 5.78 Å². The summed E-state index contributed by atoms with van der Waals surface area (Å²) in [5, 5.41) is 14.4. The fourth-order valence-corrected chi connectivity index (χ4v) is 2.73. The van der Waals surface area contributed by atoms with Crippen molar-refractivity contribution < 1.29 is 18.8 Å². The van der Waals surface area contributed by atoms with E-state index in [0.717, 1.165) is 0 Å². The minimum absolute atomic E-state index is 0.188. The van der Waals surface area contributed by atoms with Crippen molar-refractivity contribution >= 4 is 17.2 Å². The van der Waals surface area contributed by atoms with Crippen molar-refractivity contribution in [1.82, 2.24) is 0 Å². The van der Waals surface area contributed by atoms with E-state index in [2.05, 4.69) is 5.32 Å². The Hall–Kier alpha value is -2.96. The van der Waals surface area contributed by atoms with Crippen molar-refractivity contribution in [1.29, 1.82) is 0 Å². The highest BCUT2D eigenvalue weighted by molar-refractivity contribution is 5.95. The molecule has 124 valence electrons. The number of Topliss-reactive ketones (excluding diaryl/α,β-unsaturated/α-hetero) is 1. The van der Waals surface area contributed by atoms with Gasteiger partial charge in [0.25, 0.3) is 5.69 Å². The summed E-state index contributed by atoms with van der Waals surface area (Å²) >= 11 is 0. The summed E-state index contributed by atoms with van der Waals surface area (Å²) < 4.78 is 19.0. The third kappa shape index (κ3) is 3.05. The van der Waals surface area contributed by atoms with Crippen molar-refractivity contribution in [2.45, 2.75) is 19.4 Å². The molecular formula is C17H15FN2O4.